The molecular formula is C21H23N7O. The van der Waals surface area contributed by atoms with E-state index in [9.17, 15) is 0 Å². The third kappa shape index (κ3) is 2.52. The van der Waals surface area contributed by atoms with Gasteiger partial charge in [-0.2, -0.15) is 5.10 Å². The molecule has 6 rings (SSSR count). The first-order valence-electron chi connectivity index (χ1n) is 10.2. The molecule has 1 saturated heterocycles. The van der Waals surface area contributed by atoms with Gasteiger partial charge in [0.05, 0.1) is 29.9 Å². The fourth-order valence-electron chi connectivity index (χ4n) is 4.92. The third-order valence-electron chi connectivity index (χ3n) is 6.44. The lowest BCUT2D eigenvalue weighted by atomic mass is 10.1. The molecule has 0 spiro atoms. The van der Waals surface area contributed by atoms with Crippen LogP contribution in [0.4, 0.5) is 5.82 Å². The largest absolute Gasteiger partial charge is 0.492 e. The van der Waals surface area contributed by atoms with E-state index in [1.807, 2.05) is 30.0 Å². The van der Waals surface area contributed by atoms with Crippen LogP contribution in [0.25, 0.3) is 27.7 Å². The van der Waals surface area contributed by atoms with Crippen LogP contribution < -0.4 is 15.4 Å². The second kappa shape index (κ2) is 6.18. The smallest absolute Gasteiger partial charge is 0.178 e. The van der Waals surface area contributed by atoms with Crippen LogP contribution >= 0.6 is 0 Å². The zero-order valence-corrected chi connectivity index (χ0v) is 16.2. The molecule has 0 amide bonds. The van der Waals surface area contributed by atoms with Crippen LogP contribution in [0.2, 0.25) is 0 Å². The Bertz CT molecular complexity index is 1180. The van der Waals surface area contributed by atoms with Gasteiger partial charge in [-0.1, -0.05) is 0 Å². The summed E-state index contributed by atoms with van der Waals surface area (Å²) in [6.07, 6.45) is 5.67. The Balaban J connectivity index is 1.38. The molecule has 5 heterocycles. The molecule has 2 fully saturated rings. The number of nitrogens with zero attached hydrogens (tertiary/aromatic N) is 5. The molecule has 1 saturated carbocycles. The van der Waals surface area contributed by atoms with Crippen LogP contribution in [0.15, 0.2) is 36.8 Å². The third-order valence-corrected chi connectivity index (χ3v) is 6.44. The Kier molecular flexibility index (Phi) is 3.58. The predicted octanol–water partition coefficient (Wildman–Crippen LogP) is 2.31. The van der Waals surface area contributed by atoms with Gasteiger partial charge in [0.25, 0.3) is 0 Å². The fourth-order valence-corrected chi connectivity index (χ4v) is 4.92. The Morgan fingerprint density at radius 1 is 1.24 bits per heavy atom. The molecule has 8 nitrogen and oxygen atoms in total. The molecule has 148 valence electrons. The standard InChI is InChI=1S/C21H23N7O/c1-2-29-13-5-14(20-16-8-24-25-21(16)26-28(20)9-13)12-3-4-19(23-7-12)27-10-17-15(6-22)18(17)11-27/h3-5,7-9,15,17-18H,2,6,10-11,22H2,1H3,(H,25,26)/t15?,17-,18+. The van der Waals surface area contributed by atoms with Gasteiger partial charge in [0, 0.05) is 30.4 Å². The van der Waals surface area contributed by atoms with Crippen LogP contribution in [-0.2, 0) is 0 Å². The lowest BCUT2D eigenvalue weighted by Crippen LogP contribution is -2.26. The fraction of sp³-hybridized carbons (Fsp3) is 0.381. The molecule has 1 aliphatic heterocycles. The number of hydrogen-bond acceptors (Lipinski definition) is 6. The van der Waals surface area contributed by atoms with Crippen molar-refractivity contribution in [2.75, 3.05) is 31.1 Å². The van der Waals surface area contributed by atoms with Gasteiger partial charge in [-0.25, -0.2) is 9.50 Å². The number of fused-ring (bicyclic) bond motifs is 4. The summed E-state index contributed by atoms with van der Waals surface area (Å²) < 4.78 is 7.62. The first-order chi connectivity index (χ1) is 14.3. The van der Waals surface area contributed by atoms with E-state index in [2.05, 4.69) is 38.4 Å². The Labute approximate surface area is 167 Å². The van der Waals surface area contributed by atoms with Crippen molar-refractivity contribution in [3.8, 4) is 16.9 Å². The quantitative estimate of drug-likeness (QED) is 0.544. The number of pyridine rings is 2. The van der Waals surface area contributed by atoms with Gasteiger partial charge >= 0.3 is 0 Å². The first kappa shape index (κ1) is 16.8. The SMILES string of the molecule is CCOc1cc(-c2ccc(N3C[C@@H]4C(CN)[C@@H]4C3)nc2)c2c3cn[nH]c3nn2c1. The highest BCUT2D eigenvalue weighted by molar-refractivity contribution is 6.00. The van der Waals surface area contributed by atoms with Crippen molar-refractivity contribution in [1.29, 1.82) is 0 Å². The maximum absolute atomic E-state index is 5.84. The summed E-state index contributed by atoms with van der Waals surface area (Å²) in [7, 11) is 0. The molecule has 29 heavy (non-hydrogen) atoms. The van der Waals surface area contributed by atoms with E-state index in [1.54, 1.807) is 0 Å². The normalized spacial score (nSPS) is 23.1. The maximum atomic E-state index is 5.84. The van der Waals surface area contributed by atoms with E-state index in [1.165, 1.54) is 0 Å². The number of aromatic amines is 1. The topological polar surface area (TPSA) is 97.4 Å². The Morgan fingerprint density at radius 3 is 2.83 bits per heavy atom. The van der Waals surface area contributed by atoms with Crippen molar-refractivity contribution in [1.82, 2.24) is 24.8 Å². The molecule has 0 aromatic carbocycles. The van der Waals surface area contributed by atoms with Crippen molar-refractivity contribution in [3.05, 3.63) is 36.8 Å². The summed E-state index contributed by atoms with van der Waals surface area (Å²) in [6.45, 7) is 5.54. The summed E-state index contributed by atoms with van der Waals surface area (Å²) in [6, 6.07) is 6.31. The van der Waals surface area contributed by atoms with Crippen LogP contribution in [0.1, 0.15) is 6.92 Å². The van der Waals surface area contributed by atoms with E-state index in [4.69, 9.17) is 15.5 Å². The molecule has 8 heteroatoms. The summed E-state index contributed by atoms with van der Waals surface area (Å²) in [5.41, 5.74) is 9.66. The molecule has 0 bridgehead atoms. The molecule has 0 radical (unpaired) electrons. The maximum Gasteiger partial charge on any atom is 0.178 e. The minimum atomic E-state index is 0.601. The molecule has 1 unspecified atom stereocenters. The van der Waals surface area contributed by atoms with E-state index < -0.39 is 0 Å². The number of rotatable bonds is 5. The molecule has 3 N–H and O–H groups in total. The number of H-pyrrole nitrogens is 1. The van der Waals surface area contributed by atoms with Gasteiger partial charge in [-0.3, -0.25) is 5.10 Å². The second-order valence-corrected chi connectivity index (χ2v) is 7.99. The van der Waals surface area contributed by atoms with Crippen LogP contribution in [0.5, 0.6) is 5.75 Å². The number of nitrogens with two attached hydrogens (primary N) is 1. The number of nitrogens with one attached hydrogen (secondary N) is 1. The Morgan fingerprint density at radius 2 is 2.10 bits per heavy atom. The van der Waals surface area contributed by atoms with Crippen LogP contribution in [0, 0.1) is 17.8 Å². The molecule has 2 aliphatic rings. The minimum absolute atomic E-state index is 0.601. The van der Waals surface area contributed by atoms with E-state index in [0.29, 0.717) is 6.61 Å². The zero-order valence-electron chi connectivity index (χ0n) is 16.2. The van der Waals surface area contributed by atoms with Crippen molar-refractivity contribution in [2.45, 2.75) is 6.92 Å². The second-order valence-electron chi connectivity index (χ2n) is 7.99. The highest BCUT2D eigenvalue weighted by Gasteiger charge is 2.54. The van der Waals surface area contributed by atoms with E-state index in [0.717, 1.165) is 76.6 Å². The lowest BCUT2D eigenvalue weighted by Gasteiger charge is -2.20. The number of hydrogen-bond donors (Lipinski definition) is 2. The van der Waals surface area contributed by atoms with Crippen molar-refractivity contribution < 1.29 is 4.74 Å². The van der Waals surface area contributed by atoms with Gasteiger partial charge in [-0.05, 0) is 49.4 Å². The van der Waals surface area contributed by atoms with Crippen molar-refractivity contribution in [3.63, 3.8) is 0 Å². The highest BCUT2D eigenvalue weighted by atomic mass is 16.5. The van der Waals surface area contributed by atoms with Gasteiger partial charge in [0.2, 0.25) is 0 Å². The summed E-state index contributed by atoms with van der Waals surface area (Å²) in [5.74, 6) is 4.05. The minimum Gasteiger partial charge on any atom is -0.492 e. The van der Waals surface area contributed by atoms with Crippen molar-refractivity contribution >= 4 is 22.4 Å². The van der Waals surface area contributed by atoms with Crippen molar-refractivity contribution in [2.24, 2.45) is 23.5 Å². The van der Waals surface area contributed by atoms with Gasteiger partial charge in [0.15, 0.2) is 5.65 Å². The van der Waals surface area contributed by atoms with E-state index >= 15 is 0 Å². The molecule has 4 aromatic rings. The zero-order chi connectivity index (χ0) is 19.5. The van der Waals surface area contributed by atoms with Gasteiger partial charge < -0.3 is 15.4 Å². The number of aromatic nitrogens is 5. The number of piperidine rings is 1. The number of ether oxygens (including phenoxy) is 1. The van der Waals surface area contributed by atoms with Gasteiger partial charge in [-0.15, -0.1) is 5.10 Å². The highest BCUT2D eigenvalue weighted by Crippen LogP contribution is 2.51. The first-order valence-corrected chi connectivity index (χ1v) is 10.2. The summed E-state index contributed by atoms with van der Waals surface area (Å²) in [5, 5.41) is 12.7. The molecule has 4 aromatic heterocycles. The molecule has 3 atom stereocenters. The molecule has 1 aliphatic carbocycles. The average Bonchev–Trinajstić information content (AvgIpc) is 3.13. The average molecular weight is 389 g/mol. The van der Waals surface area contributed by atoms with Crippen LogP contribution in [-0.4, -0.2) is 51.0 Å². The van der Waals surface area contributed by atoms with Crippen LogP contribution in [0.3, 0.4) is 0 Å². The van der Waals surface area contributed by atoms with E-state index in [-0.39, 0.29) is 0 Å². The number of anilines is 1. The summed E-state index contributed by atoms with van der Waals surface area (Å²) in [4.78, 5) is 7.16. The Hall–Kier alpha value is -3.13. The van der Waals surface area contributed by atoms with Gasteiger partial charge in [0.1, 0.15) is 11.6 Å². The predicted molar refractivity (Wildman–Crippen MR) is 111 cm³/mol. The monoisotopic (exact) mass is 389 g/mol. The molecular weight excluding hydrogens is 366 g/mol. The lowest BCUT2D eigenvalue weighted by molar-refractivity contribution is 0.338. The summed E-state index contributed by atoms with van der Waals surface area (Å²) >= 11 is 0.